The van der Waals surface area contributed by atoms with E-state index < -0.39 is 0 Å². The summed E-state index contributed by atoms with van der Waals surface area (Å²) in [6, 6.07) is 7.02. The minimum Gasteiger partial charge on any atom is -0.299 e. The zero-order valence-corrected chi connectivity index (χ0v) is 14.5. The maximum absolute atomic E-state index is 12.6. The van der Waals surface area contributed by atoms with Crippen molar-refractivity contribution < 1.29 is 0 Å². The minimum atomic E-state index is 0.0851. The zero-order valence-electron chi connectivity index (χ0n) is 14.5. The fraction of sp³-hybridized carbons (Fsp3) is 0.579. The molecule has 0 N–H and O–H groups in total. The van der Waals surface area contributed by atoms with Gasteiger partial charge in [0.25, 0.3) is 5.56 Å². The van der Waals surface area contributed by atoms with Gasteiger partial charge in [-0.1, -0.05) is 12.5 Å². The highest BCUT2D eigenvalue weighted by molar-refractivity contribution is 5.77. The maximum Gasteiger partial charge on any atom is 0.261 e. The molecule has 1 atom stereocenters. The molecule has 2 heterocycles. The van der Waals surface area contributed by atoms with Gasteiger partial charge >= 0.3 is 0 Å². The molecule has 0 radical (unpaired) electrons. The number of nitrogens with zero attached hydrogens (tertiary/aromatic N) is 3. The fourth-order valence-electron chi connectivity index (χ4n) is 3.73. The third-order valence-electron chi connectivity index (χ3n) is 5.02. The number of likely N-dealkylation sites (tertiary alicyclic amines) is 1. The van der Waals surface area contributed by atoms with Gasteiger partial charge in [-0.15, -0.1) is 0 Å². The summed E-state index contributed by atoms with van der Waals surface area (Å²) in [5, 5.41) is 0.724. The Balaban J connectivity index is 1.78. The number of piperidine rings is 1. The Morgan fingerprint density at radius 2 is 2.13 bits per heavy atom. The van der Waals surface area contributed by atoms with Gasteiger partial charge in [0.1, 0.15) is 0 Å². The normalized spacial score (nSPS) is 19.6. The topological polar surface area (TPSA) is 38.1 Å². The Morgan fingerprint density at radius 1 is 1.30 bits per heavy atom. The van der Waals surface area contributed by atoms with Crippen LogP contribution in [-0.4, -0.2) is 33.1 Å². The zero-order chi connectivity index (χ0) is 16.4. The molecule has 1 unspecified atom stereocenters. The van der Waals surface area contributed by atoms with Gasteiger partial charge in [0.2, 0.25) is 0 Å². The number of aromatic nitrogens is 2. The minimum absolute atomic E-state index is 0.0851. The fourth-order valence-corrected chi connectivity index (χ4v) is 3.73. The van der Waals surface area contributed by atoms with Crippen molar-refractivity contribution in [2.75, 3.05) is 6.54 Å². The largest absolute Gasteiger partial charge is 0.299 e. The van der Waals surface area contributed by atoms with Crippen molar-refractivity contribution in [2.45, 2.75) is 65.1 Å². The third-order valence-corrected chi connectivity index (χ3v) is 5.02. The van der Waals surface area contributed by atoms with Crippen LogP contribution in [0.25, 0.3) is 10.9 Å². The van der Waals surface area contributed by atoms with Gasteiger partial charge in [-0.05, 0) is 64.3 Å². The van der Waals surface area contributed by atoms with E-state index in [0.717, 1.165) is 29.4 Å². The molecule has 3 rings (SSSR count). The predicted molar refractivity (Wildman–Crippen MR) is 94.8 cm³/mol. The van der Waals surface area contributed by atoms with E-state index >= 15 is 0 Å². The first kappa shape index (κ1) is 16.2. The Hall–Kier alpha value is -1.68. The number of hydrogen-bond acceptors (Lipinski definition) is 3. The van der Waals surface area contributed by atoms with Crippen LogP contribution in [0.3, 0.4) is 0 Å². The molecule has 1 aliphatic rings. The van der Waals surface area contributed by atoms with Gasteiger partial charge in [-0.2, -0.15) is 0 Å². The number of hydrogen-bond donors (Lipinski definition) is 0. The molecule has 0 spiro atoms. The summed E-state index contributed by atoms with van der Waals surface area (Å²) in [6.07, 6.45) is 6.58. The summed E-state index contributed by atoms with van der Waals surface area (Å²) in [7, 11) is 0. The number of fused-ring (bicyclic) bond motifs is 1. The van der Waals surface area contributed by atoms with Crippen LogP contribution in [0.15, 0.2) is 29.3 Å². The van der Waals surface area contributed by atoms with E-state index in [9.17, 15) is 4.79 Å². The predicted octanol–water partition coefficient (Wildman–Crippen LogP) is 3.36. The molecule has 23 heavy (non-hydrogen) atoms. The number of benzene rings is 1. The Kier molecular flexibility index (Phi) is 4.81. The van der Waals surface area contributed by atoms with Crippen molar-refractivity contribution in [3.8, 4) is 0 Å². The summed E-state index contributed by atoms with van der Waals surface area (Å²) in [5.74, 6) is 0. The first-order chi connectivity index (χ1) is 11.1. The molecule has 4 heteroatoms. The highest BCUT2D eigenvalue weighted by Crippen LogP contribution is 2.22. The number of aryl methyl sites for hydroxylation is 2. The smallest absolute Gasteiger partial charge is 0.261 e. The quantitative estimate of drug-likeness (QED) is 0.869. The average Bonchev–Trinajstić information content (AvgIpc) is 2.54. The second kappa shape index (κ2) is 6.83. The van der Waals surface area contributed by atoms with Crippen LogP contribution >= 0.6 is 0 Å². The van der Waals surface area contributed by atoms with E-state index in [1.54, 1.807) is 10.9 Å². The molecule has 1 saturated heterocycles. The summed E-state index contributed by atoms with van der Waals surface area (Å²) in [5.41, 5.74) is 2.02. The van der Waals surface area contributed by atoms with Gasteiger partial charge < -0.3 is 0 Å². The van der Waals surface area contributed by atoms with Crippen LogP contribution in [0, 0.1) is 6.92 Å². The van der Waals surface area contributed by atoms with Crippen LogP contribution in [0.1, 0.15) is 45.1 Å². The second-order valence-electron chi connectivity index (χ2n) is 7.03. The average molecular weight is 313 g/mol. The van der Waals surface area contributed by atoms with Gasteiger partial charge in [0.05, 0.1) is 17.2 Å². The lowest BCUT2D eigenvalue weighted by molar-refractivity contribution is 0.102. The Labute approximate surface area is 138 Å². The van der Waals surface area contributed by atoms with Crippen molar-refractivity contribution in [2.24, 2.45) is 0 Å². The van der Waals surface area contributed by atoms with Crippen molar-refractivity contribution in [3.63, 3.8) is 0 Å². The lowest BCUT2D eigenvalue weighted by atomic mass is 9.97. The van der Waals surface area contributed by atoms with Gasteiger partial charge in [0.15, 0.2) is 0 Å². The maximum atomic E-state index is 12.6. The molecule has 124 valence electrons. The molecule has 1 fully saturated rings. The van der Waals surface area contributed by atoms with Gasteiger partial charge in [0, 0.05) is 18.6 Å². The second-order valence-corrected chi connectivity index (χ2v) is 7.03. The lowest BCUT2D eigenvalue weighted by Crippen LogP contribution is -2.44. The molecule has 1 aromatic heterocycles. The van der Waals surface area contributed by atoms with E-state index in [4.69, 9.17) is 0 Å². The van der Waals surface area contributed by atoms with Crippen molar-refractivity contribution in [1.29, 1.82) is 0 Å². The van der Waals surface area contributed by atoms with Gasteiger partial charge in [-0.25, -0.2) is 4.98 Å². The molecule has 4 nitrogen and oxygen atoms in total. The molecule has 0 amide bonds. The van der Waals surface area contributed by atoms with Gasteiger partial charge in [-0.3, -0.25) is 14.3 Å². The monoisotopic (exact) mass is 313 g/mol. The molecular weight excluding hydrogens is 286 g/mol. The molecular formula is C19H27N3O. The SMILES string of the molecule is Cc1ccc2c(=O)n(CCC3CCCCN3C(C)C)cnc2c1. The Bertz CT molecular complexity index is 735. The van der Waals surface area contributed by atoms with Crippen LogP contribution in [0.5, 0.6) is 0 Å². The first-order valence-electron chi connectivity index (χ1n) is 8.78. The van der Waals surface area contributed by atoms with E-state index in [1.165, 1.54) is 25.8 Å². The summed E-state index contributed by atoms with van der Waals surface area (Å²) in [4.78, 5) is 19.7. The van der Waals surface area contributed by atoms with Crippen LogP contribution in [-0.2, 0) is 6.54 Å². The molecule has 0 saturated carbocycles. The summed E-state index contributed by atoms with van der Waals surface area (Å²) < 4.78 is 1.78. The first-order valence-corrected chi connectivity index (χ1v) is 8.78. The van der Waals surface area contributed by atoms with E-state index in [2.05, 4.69) is 23.7 Å². The highest BCUT2D eigenvalue weighted by Gasteiger charge is 2.24. The van der Waals surface area contributed by atoms with E-state index in [0.29, 0.717) is 12.1 Å². The molecule has 1 aliphatic heterocycles. The lowest BCUT2D eigenvalue weighted by Gasteiger charge is -2.38. The van der Waals surface area contributed by atoms with E-state index in [1.807, 2.05) is 25.1 Å². The molecule has 0 aliphatic carbocycles. The standard InChI is InChI=1S/C19H27N3O/c1-14(2)22-10-5-4-6-16(22)9-11-21-13-20-18-12-15(3)7-8-17(18)19(21)23/h7-8,12-14,16H,4-6,9-11H2,1-3H3. The number of rotatable bonds is 4. The molecule has 1 aromatic carbocycles. The van der Waals surface area contributed by atoms with Crippen molar-refractivity contribution in [1.82, 2.24) is 14.5 Å². The van der Waals surface area contributed by atoms with E-state index in [-0.39, 0.29) is 5.56 Å². The van der Waals surface area contributed by atoms with Crippen molar-refractivity contribution in [3.05, 3.63) is 40.4 Å². The van der Waals surface area contributed by atoms with Crippen LogP contribution in [0.2, 0.25) is 0 Å². The third kappa shape index (κ3) is 3.47. The molecule has 2 aromatic rings. The van der Waals surface area contributed by atoms with Crippen LogP contribution in [0.4, 0.5) is 0 Å². The highest BCUT2D eigenvalue weighted by atomic mass is 16.1. The van der Waals surface area contributed by atoms with Crippen molar-refractivity contribution >= 4 is 10.9 Å². The molecule has 0 bridgehead atoms. The Morgan fingerprint density at radius 3 is 2.91 bits per heavy atom. The summed E-state index contributed by atoms with van der Waals surface area (Å²) in [6.45, 7) is 8.50. The summed E-state index contributed by atoms with van der Waals surface area (Å²) >= 11 is 0. The van der Waals surface area contributed by atoms with Crippen LogP contribution < -0.4 is 5.56 Å².